The van der Waals surface area contributed by atoms with Crippen LogP contribution >= 0.6 is 0 Å². The van der Waals surface area contributed by atoms with Gasteiger partial charge < -0.3 is 11.5 Å². The summed E-state index contributed by atoms with van der Waals surface area (Å²) in [4.78, 5) is 0. The van der Waals surface area contributed by atoms with Gasteiger partial charge in [-0.15, -0.1) is 5.10 Å². The molecule has 0 unspecified atom stereocenters. The summed E-state index contributed by atoms with van der Waals surface area (Å²) < 4.78 is 1.87. The summed E-state index contributed by atoms with van der Waals surface area (Å²) in [5.41, 5.74) is 15.9. The fourth-order valence-corrected chi connectivity index (χ4v) is 2.46. The monoisotopic (exact) mass is 280 g/mol. The summed E-state index contributed by atoms with van der Waals surface area (Å²) in [5, 5.41) is 5.35. The summed E-state index contributed by atoms with van der Waals surface area (Å²) in [6.07, 6.45) is 0. The highest BCUT2D eigenvalue weighted by atomic mass is 15.3. The molecule has 0 radical (unpaired) electrons. The molecule has 0 aliphatic heterocycles. The molecule has 1 aromatic heterocycles. The zero-order chi connectivity index (χ0) is 15.2. The van der Waals surface area contributed by atoms with E-state index in [-0.39, 0.29) is 5.41 Å². The molecule has 21 heavy (non-hydrogen) atoms. The lowest BCUT2D eigenvalue weighted by Crippen LogP contribution is -2.11. The molecule has 0 saturated heterocycles. The Labute approximate surface area is 124 Å². The first kappa shape index (κ1) is 13.5. The maximum atomic E-state index is 6.02. The van der Waals surface area contributed by atoms with Gasteiger partial charge in [-0.05, 0) is 41.3 Å². The highest BCUT2D eigenvalue weighted by Gasteiger charge is 2.15. The van der Waals surface area contributed by atoms with E-state index in [1.165, 1.54) is 5.56 Å². The van der Waals surface area contributed by atoms with Crippen LogP contribution < -0.4 is 11.5 Å². The molecule has 0 aliphatic carbocycles. The van der Waals surface area contributed by atoms with Crippen LogP contribution in [0, 0.1) is 0 Å². The fraction of sp³-hybridized carbons (Fsp3) is 0.235. The SMILES string of the molecule is CC(C)(C)c1cccc(-n2nc(N)c3cc(N)ccc32)c1. The van der Waals surface area contributed by atoms with E-state index in [0.29, 0.717) is 11.5 Å². The second-order valence-electron chi connectivity index (χ2n) is 6.37. The third-order valence-corrected chi connectivity index (χ3v) is 3.69. The minimum atomic E-state index is 0.0922. The number of anilines is 2. The van der Waals surface area contributed by atoms with Crippen LogP contribution in [0.1, 0.15) is 26.3 Å². The van der Waals surface area contributed by atoms with Crippen molar-refractivity contribution in [2.45, 2.75) is 26.2 Å². The van der Waals surface area contributed by atoms with E-state index < -0.39 is 0 Å². The molecule has 2 aromatic carbocycles. The van der Waals surface area contributed by atoms with Gasteiger partial charge in [-0.25, -0.2) is 4.68 Å². The Balaban J connectivity index is 2.22. The third-order valence-electron chi connectivity index (χ3n) is 3.69. The smallest absolute Gasteiger partial charge is 0.153 e. The van der Waals surface area contributed by atoms with Gasteiger partial charge in [0.05, 0.1) is 11.2 Å². The third kappa shape index (κ3) is 2.33. The first-order chi connectivity index (χ1) is 9.86. The molecule has 4 nitrogen and oxygen atoms in total. The van der Waals surface area contributed by atoms with Crippen molar-refractivity contribution in [2.24, 2.45) is 0 Å². The molecule has 0 spiro atoms. The van der Waals surface area contributed by atoms with Gasteiger partial charge in [0.1, 0.15) is 0 Å². The summed E-state index contributed by atoms with van der Waals surface area (Å²) in [5.74, 6) is 0.499. The van der Waals surface area contributed by atoms with Crippen LogP contribution in [0.5, 0.6) is 0 Å². The van der Waals surface area contributed by atoms with Gasteiger partial charge in [-0.2, -0.15) is 0 Å². The van der Waals surface area contributed by atoms with E-state index >= 15 is 0 Å². The van der Waals surface area contributed by atoms with E-state index in [0.717, 1.165) is 16.6 Å². The highest BCUT2D eigenvalue weighted by Crippen LogP contribution is 2.28. The van der Waals surface area contributed by atoms with Gasteiger partial charge in [0.2, 0.25) is 0 Å². The van der Waals surface area contributed by atoms with Crippen LogP contribution in [0.3, 0.4) is 0 Å². The number of rotatable bonds is 1. The Morgan fingerprint density at radius 1 is 1.00 bits per heavy atom. The lowest BCUT2D eigenvalue weighted by Gasteiger charge is -2.19. The van der Waals surface area contributed by atoms with Crippen molar-refractivity contribution in [1.82, 2.24) is 9.78 Å². The standard InChI is InChI=1S/C17H20N4/c1-17(2,3)11-5-4-6-13(9-11)21-15-8-7-12(18)10-14(15)16(19)20-21/h4-10H,18H2,1-3H3,(H2,19,20). The Hall–Kier alpha value is -2.49. The quantitative estimate of drug-likeness (QED) is 0.670. The molecule has 108 valence electrons. The predicted molar refractivity (Wildman–Crippen MR) is 88.6 cm³/mol. The van der Waals surface area contributed by atoms with Gasteiger partial charge in [0.15, 0.2) is 5.82 Å². The minimum Gasteiger partial charge on any atom is -0.399 e. The van der Waals surface area contributed by atoms with E-state index in [1.54, 1.807) is 0 Å². The number of fused-ring (bicyclic) bond motifs is 1. The molecule has 0 atom stereocenters. The maximum Gasteiger partial charge on any atom is 0.153 e. The Kier molecular flexibility index (Phi) is 2.90. The summed E-state index contributed by atoms with van der Waals surface area (Å²) in [6.45, 7) is 6.59. The Morgan fingerprint density at radius 2 is 1.76 bits per heavy atom. The van der Waals surface area contributed by atoms with Crippen molar-refractivity contribution >= 4 is 22.4 Å². The molecule has 3 aromatic rings. The van der Waals surface area contributed by atoms with Crippen LogP contribution in [0.15, 0.2) is 42.5 Å². The summed E-state index contributed by atoms with van der Waals surface area (Å²) in [6, 6.07) is 14.1. The van der Waals surface area contributed by atoms with Crippen LogP contribution in [0.25, 0.3) is 16.6 Å². The van der Waals surface area contributed by atoms with Crippen molar-refractivity contribution in [2.75, 3.05) is 11.5 Å². The maximum absolute atomic E-state index is 6.02. The van der Waals surface area contributed by atoms with Crippen molar-refractivity contribution in [3.63, 3.8) is 0 Å². The topological polar surface area (TPSA) is 69.9 Å². The van der Waals surface area contributed by atoms with E-state index in [2.05, 4.69) is 44.1 Å². The normalized spacial score (nSPS) is 12.0. The average molecular weight is 280 g/mol. The van der Waals surface area contributed by atoms with Gasteiger partial charge in [0, 0.05) is 11.1 Å². The number of nitrogen functional groups attached to an aromatic ring is 2. The second kappa shape index (κ2) is 4.52. The summed E-state index contributed by atoms with van der Waals surface area (Å²) in [7, 11) is 0. The van der Waals surface area contributed by atoms with E-state index in [4.69, 9.17) is 11.5 Å². The van der Waals surface area contributed by atoms with Crippen LogP contribution in [0.2, 0.25) is 0 Å². The Bertz CT molecular complexity index is 809. The first-order valence-electron chi connectivity index (χ1n) is 7.01. The number of benzene rings is 2. The largest absolute Gasteiger partial charge is 0.399 e. The zero-order valence-corrected chi connectivity index (χ0v) is 12.6. The van der Waals surface area contributed by atoms with Crippen LogP contribution in [-0.4, -0.2) is 9.78 Å². The average Bonchev–Trinajstić information content (AvgIpc) is 2.75. The van der Waals surface area contributed by atoms with Crippen molar-refractivity contribution in [3.8, 4) is 5.69 Å². The first-order valence-corrected chi connectivity index (χ1v) is 7.01. The number of hydrogen-bond donors (Lipinski definition) is 2. The molecule has 4 heteroatoms. The second-order valence-corrected chi connectivity index (χ2v) is 6.37. The fourth-order valence-electron chi connectivity index (χ4n) is 2.46. The molecular weight excluding hydrogens is 260 g/mol. The molecular formula is C17H20N4. The molecule has 4 N–H and O–H groups in total. The summed E-state index contributed by atoms with van der Waals surface area (Å²) >= 11 is 0. The van der Waals surface area contributed by atoms with Crippen molar-refractivity contribution in [3.05, 3.63) is 48.0 Å². The molecule has 3 rings (SSSR count). The van der Waals surface area contributed by atoms with Gasteiger partial charge in [0.25, 0.3) is 0 Å². The number of aromatic nitrogens is 2. The van der Waals surface area contributed by atoms with Crippen molar-refractivity contribution in [1.29, 1.82) is 0 Å². The lowest BCUT2D eigenvalue weighted by molar-refractivity contribution is 0.589. The molecule has 1 heterocycles. The van der Waals surface area contributed by atoms with Gasteiger partial charge in [-0.1, -0.05) is 32.9 Å². The van der Waals surface area contributed by atoms with Crippen molar-refractivity contribution < 1.29 is 0 Å². The molecule has 0 fully saturated rings. The number of nitrogens with two attached hydrogens (primary N) is 2. The number of nitrogens with zero attached hydrogens (tertiary/aromatic N) is 2. The Morgan fingerprint density at radius 3 is 2.48 bits per heavy atom. The van der Waals surface area contributed by atoms with E-state index in [9.17, 15) is 0 Å². The number of hydrogen-bond acceptors (Lipinski definition) is 3. The lowest BCUT2D eigenvalue weighted by atomic mass is 9.87. The van der Waals surface area contributed by atoms with Gasteiger partial charge in [-0.3, -0.25) is 0 Å². The highest BCUT2D eigenvalue weighted by molar-refractivity contribution is 5.92. The molecule has 0 bridgehead atoms. The zero-order valence-electron chi connectivity index (χ0n) is 12.6. The molecule has 0 aliphatic rings. The minimum absolute atomic E-state index is 0.0922. The van der Waals surface area contributed by atoms with Crippen LogP contribution in [0.4, 0.5) is 11.5 Å². The molecule has 0 saturated carbocycles. The molecule has 0 amide bonds. The van der Waals surface area contributed by atoms with E-state index in [1.807, 2.05) is 28.9 Å². The van der Waals surface area contributed by atoms with Gasteiger partial charge >= 0.3 is 0 Å². The van der Waals surface area contributed by atoms with Crippen LogP contribution in [-0.2, 0) is 5.41 Å². The predicted octanol–water partition coefficient (Wildman–Crippen LogP) is 3.49.